The zero-order valence-corrected chi connectivity index (χ0v) is 9.31. The van der Waals surface area contributed by atoms with Gasteiger partial charge in [-0.15, -0.1) is 5.10 Å². The summed E-state index contributed by atoms with van der Waals surface area (Å²) in [5, 5.41) is 17.0. The minimum absolute atomic E-state index is 0.125. The minimum Gasteiger partial charge on any atom is -0.306 e. The quantitative estimate of drug-likeness (QED) is 0.732. The molecule has 16 heavy (non-hydrogen) atoms. The molecule has 0 saturated heterocycles. The first-order valence-corrected chi connectivity index (χ1v) is 5.51. The van der Waals surface area contributed by atoms with Crippen LogP contribution in [0.3, 0.4) is 0 Å². The van der Waals surface area contributed by atoms with E-state index in [9.17, 15) is 4.79 Å². The van der Waals surface area contributed by atoms with Gasteiger partial charge >= 0.3 is 0 Å². The molecular formula is C9H16N6O. The average Bonchev–Trinajstić information content (AvgIpc) is 2.87. The van der Waals surface area contributed by atoms with Crippen LogP contribution < -0.4 is 10.6 Å². The lowest BCUT2D eigenvalue weighted by molar-refractivity contribution is -0.115. The van der Waals surface area contributed by atoms with Crippen molar-refractivity contribution in [2.45, 2.75) is 31.7 Å². The van der Waals surface area contributed by atoms with Crippen molar-refractivity contribution in [3.05, 3.63) is 0 Å². The Balaban J connectivity index is 1.71. The smallest absolute Gasteiger partial charge is 0.270 e. The number of tetrazole rings is 1. The Hall–Kier alpha value is -1.50. The number of aryl methyl sites for hydroxylation is 1. The zero-order valence-electron chi connectivity index (χ0n) is 9.31. The van der Waals surface area contributed by atoms with Crippen molar-refractivity contribution in [3.8, 4) is 0 Å². The van der Waals surface area contributed by atoms with E-state index in [1.807, 2.05) is 0 Å². The van der Waals surface area contributed by atoms with Crippen molar-refractivity contribution in [3.63, 3.8) is 0 Å². The molecule has 1 aliphatic rings. The monoisotopic (exact) mass is 224 g/mol. The van der Waals surface area contributed by atoms with Crippen LogP contribution >= 0.6 is 0 Å². The number of nitrogens with one attached hydrogen (secondary N) is 2. The second kappa shape index (κ2) is 5.02. The van der Waals surface area contributed by atoms with Gasteiger partial charge in [-0.25, -0.2) is 0 Å². The third kappa shape index (κ3) is 2.99. The van der Waals surface area contributed by atoms with E-state index in [-0.39, 0.29) is 11.9 Å². The maximum absolute atomic E-state index is 11.5. The van der Waals surface area contributed by atoms with Crippen molar-refractivity contribution in [1.82, 2.24) is 25.5 Å². The predicted octanol–water partition coefficient (Wildman–Crippen LogP) is -0.319. The van der Waals surface area contributed by atoms with E-state index in [1.54, 1.807) is 7.05 Å². The van der Waals surface area contributed by atoms with Gasteiger partial charge in [0.25, 0.3) is 5.95 Å². The maximum atomic E-state index is 11.5. The van der Waals surface area contributed by atoms with Crippen LogP contribution in [0.15, 0.2) is 0 Å². The van der Waals surface area contributed by atoms with Crippen LogP contribution in [0.25, 0.3) is 0 Å². The zero-order chi connectivity index (χ0) is 11.4. The van der Waals surface area contributed by atoms with Gasteiger partial charge in [0, 0.05) is 6.04 Å². The summed E-state index contributed by atoms with van der Waals surface area (Å²) in [5.74, 6) is 0.126. The molecule has 0 radical (unpaired) electrons. The van der Waals surface area contributed by atoms with E-state index in [2.05, 4.69) is 26.0 Å². The summed E-state index contributed by atoms with van der Waals surface area (Å²) in [7, 11) is 1.65. The molecule has 7 heteroatoms. The summed E-state index contributed by atoms with van der Waals surface area (Å²) in [6.07, 6.45) is 4.84. The summed E-state index contributed by atoms with van der Waals surface area (Å²) >= 11 is 0. The molecule has 0 aromatic carbocycles. The topological polar surface area (TPSA) is 84.7 Å². The van der Waals surface area contributed by atoms with Crippen molar-refractivity contribution in [2.24, 2.45) is 7.05 Å². The highest BCUT2D eigenvalue weighted by atomic mass is 16.2. The van der Waals surface area contributed by atoms with E-state index in [0.29, 0.717) is 12.6 Å². The van der Waals surface area contributed by atoms with Gasteiger partial charge in [0.1, 0.15) is 0 Å². The van der Waals surface area contributed by atoms with E-state index >= 15 is 0 Å². The second-order valence-corrected chi connectivity index (χ2v) is 4.01. The minimum atomic E-state index is -0.125. The molecule has 1 fully saturated rings. The molecule has 1 aliphatic carbocycles. The van der Waals surface area contributed by atoms with Crippen molar-refractivity contribution >= 4 is 11.9 Å². The first kappa shape index (κ1) is 11.0. The van der Waals surface area contributed by atoms with E-state index < -0.39 is 0 Å². The highest BCUT2D eigenvalue weighted by Crippen LogP contribution is 2.17. The number of carbonyl (C=O) groups is 1. The number of amides is 1. The number of aromatic nitrogens is 4. The standard InChI is InChI=1S/C9H16N6O/c1-15-13-9(12-14-15)11-8(16)6-10-7-4-2-3-5-7/h7,10H,2-6H2,1H3,(H,11,13,16). The molecule has 2 N–H and O–H groups in total. The Morgan fingerprint density at radius 3 is 2.88 bits per heavy atom. The first-order valence-electron chi connectivity index (χ1n) is 5.51. The largest absolute Gasteiger partial charge is 0.306 e. The van der Waals surface area contributed by atoms with Gasteiger partial charge in [-0.05, 0) is 18.1 Å². The van der Waals surface area contributed by atoms with Gasteiger partial charge in [0.05, 0.1) is 13.6 Å². The number of hydrogen-bond donors (Lipinski definition) is 2. The van der Waals surface area contributed by atoms with Gasteiger partial charge in [-0.2, -0.15) is 4.80 Å². The van der Waals surface area contributed by atoms with Crippen LogP contribution in [0, 0.1) is 0 Å². The molecule has 0 spiro atoms. The third-order valence-electron chi connectivity index (χ3n) is 2.67. The van der Waals surface area contributed by atoms with Gasteiger partial charge in [-0.1, -0.05) is 17.9 Å². The Morgan fingerprint density at radius 1 is 1.50 bits per heavy atom. The molecule has 7 nitrogen and oxygen atoms in total. The lowest BCUT2D eigenvalue weighted by Crippen LogP contribution is -2.34. The molecular weight excluding hydrogens is 208 g/mol. The highest BCUT2D eigenvalue weighted by molar-refractivity contribution is 5.90. The lowest BCUT2D eigenvalue weighted by atomic mass is 10.2. The molecule has 0 unspecified atom stereocenters. The van der Waals surface area contributed by atoms with Gasteiger partial charge in [0.2, 0.25) is 5.91 Å². The van der Waals surface area contributed by atoms with Crippen LogP contribution in [-0.2, 0) is 11.8 Å². The van der Waals surface area contributed by atoms with Gasteiger partial charge in [-0.3, -0.25) is 10.1 Å². The molecule has 0 bridgehead atoms. The number of hydrogen-bond acceptors (Lipinski definition) is 5. The Labute approximate surface area is 93.6 Å². The summed E-state index contributed by atoms with van der Waals surface area (Å²) < 4.78 is 0. The normalized spacial score (nSPS) is 16.6. The molecule has 0 atom stereocenters. The predicted molar refractivity (Wildman–Crippen MR) is 57.7 cm³/mol. The van der Waals surface area contributed by atoms with Crippen molar-refractivity contribution < 1.29 is 4.79 Å². The lowest BCUT2D eigenvalue weighted by Gasteiger charge is -2.10. The summed E-state index contributed by atoms with van der Waals surface area (Å²) in [6, 6.07) is 0.487. The van der Waals surface area contributed by atoms with E-state index in [4.69, 9.17) is 0 Å². The van der Waals surface area contributed by atoms with Gasteiger partial charge < -0.3 is 5.32 Å². The van der Waals surface area contributed by atoms with E-state index in [0.717, 1.165) is 12.8 Å². The molecule has 1 aromatic rings. The van der Waals surface area contributed by atoms with Crippen LogP contribution in [0.1, 0.15) is 25.7 Å². The number of nitrogens with zero attached hydrogens (tertiary/aromatic N) is 4. The number of anilines is 1. The van der Waals surface area contributed by atoms with Crippen LogP contribution in [0.2, 0.25) is 0 Å². The molecule has 1 heterocycles. The number of rotatable bonds is 4. The molecule has 88 valence electrons. The molecule has 1 aromatic heterocycles. The fourth-order valence-electron chi connectivity index (χ4n) is 1.87. The van der Waals surface area contributed by atoms with Crippen LogP contribution in [0.5, 0.6) is 0 Å². The van der Waals surface area contributed by atoms with Crippen molar-refractivity contribution in [1.29, 1.82) is 0 Å². The van der Waals surface area contributed by atoms with E-state index in [1.165, 1.54) is 17.6 Å². The summed E-state index contributed by atoms with van der Waals surface area (Å²) in [5.41, 5.74) is 0. The summed E-state index contributed by atoms with van der Waals surface area (Å²) in [6.45, 7) is 0.308. The SMILES string of the molecule is Cn1nnc(NC(=O)CNC2CCCC2)n1. The van der Waals surface area contributed by atoms with Crippen LogP contribution in [0.4, 0.5) is 5.95 Å². The molecule has 1 amide bonds. The Kier molecular flexibility index (Phi) is 3.45. The molecule has 2 rings (SSSR count). The fraction of sp³-hybridized carbons (Fsp3) is 0.778. The second-order valence-electron chi connectivity index (χ2n) is 4.01. The molecule has 0 aliphatic heterocycles. The third-order valence-corrected chi connectivity index (χ3v) is 2.67. The summed E-state index contributed by atoms with van der Waals surface area (Å²) in [4.78, 5) is 12.8. The Morgan fingerprint density at radius 2 is 2.25 bits per heavy atom. The highest BCUT2D eigenvalue weighted by Gasteiger charge is 2.15. The first-order chi connectivity index (χ1) is 7.74. The maximum Gasteiger partial charge on any atom is 0.270 e. The Bertz CT molecular complexity index is 357. The number of carbonyl (C=O) groups excluding carboxylic acids is 1. The molecule has 1 saturated carbocycles. The van der Waals surface area contributed by atoms with Crippen LogP contribution in [-0.4, -0.2) is 38.7 Å². The average molecular weight is 224 g/mol. The van der Waals surface area contributed by atoms with Gasteiger partial charge in [0.15, 0.2) is 0 Å². The van der Waals surface area contributed by atoms with Crippen molar-refractivity contribution in [2.75, 3.05) is 11.9 Å². The fourth-order valence-corrected chi connectivity index (χ4v) is 1.87.